The van der Waals surface area contributed by atoms with Gasteiger partial charge < -0.3 is 19.8 Å². The average Bonchev–Trinajstić information content (AvgIpc) is 2.58. The predicted molar refractivity (Wildman–Crippen MR) is 91.2 cm³/mol. The van der Waals surface area contributed by atoms with Gasteiger partial charge in [-0.1, -0.05) is 32.0 Å². The molecule has 0 atom stereocenters. The number of benzene rings is 1. The van der Waals surface area contributed by atoms with E-state index < -0.39 is 0 Å². The van der Waals surface area contributed by atoms with Gasteiger partial charge in [0.25, 0.3) is 5.91 Å². The topological polar surface area (TPSA) is 80.4 Å². The summed E-state index contributed by atoms with van der Waals surface area (Å²) >= 11 is 0. The van der Waals surface area contributed by atoms with E-state index in [9.17, 15) is 9.59 Å². The Kier molecular flexibility index (Phi) is 6.42. The highest BCUT2D eigenvalue weighted by Crippen LogP contribution is 2.08. The third-order valence-corrected chi connectivity index (χ3v) is 3.10. The van der Waals surface area contributed by atoms with Crippen LogP contribution in [-0.4, -0.2) is 24.1 Å². The zero-order chi connectivity index (χ0) is 17.4. The van der Waals surface area contributed by atoms with Gasteiger partial charge in [0, 0.05) is 18.0 Å². The van der Waals surface area contributed by atoms with E-state index in [0.717, 1.165) is 0 Å². The Labute approximate surface area is 140 Å². The second-order valence-electron chi connectivity index (χ2n) is 5.77. The Bertz CT molecular complexity index is 710. The van der Waals surface area contributed by atoms with Crippen LogP contribution in [0.5, 0.6) is 11.5 Å². The Morgan fingerprint density at radius 1 is 1.21 bits per heavy atom. The second-order valence-corrected chi connectivity index (χ2v) is 5.77. The van der Waals surface area contributed by atoms with Gasteiger partial charge in [0.05, 0.1) is 13.2 Å². The number of aromatic amines is 1. The van der Waals surface area contributed by atoms with Gasteiger partial charge in [-0.3, -0.25) is 9.59 Å². The first-order valence-electron chi connectivity index (χ1n) is 7.83. The molecule has 0 radical (unpaired) electrons. The van der Waals surface area contributed by atoms with Crippen molar-refractivity contribution >= 4 is 5.91 Å². The quantitative estimate of drug-likeness (QED) is 0.777. The molecule has 0 aliphatic carbocycles. The van der Waals surface area contributed by atoms with E-state index >= 15 is 0 Å². The molecule has 24 heavy (non-hydrogen) atoms. The molecule has 0 fully saturated rings. The first kappa shape index (κ1) is 17.6. The molecule has 0 saturated carbocycles. The summed E-state index contributed by atoms with van der Waals surface area (Å²) in [6, 6.07) is 10.5. The number of aromatic nitrogens is 1. The van der Waals surface area contributed by atoms with E-state index in [-0.39, 0.29) is 30.2 Å². The summed E-state index contributed by atoms with van der Waals surface area (Å²) in [5, 5.41) is 2.69. The lowest BCUT2D eigenvalue weighted by Crippen LogP contribution is -2.29. The molecule has 0 aliphatic rings. The van der Waals surface area contributed by atoms with Crippen molar-refractivity contribution in [3.8, 4) is 11.5 Å². The molecular formula is C18H22N2O4. The van der Waals surface area contributed by atoms with Crippen molar-refractivity contribution in [2.24, 2.45) is 5.92 Å². The fourth-order valence-electron chi connectivity index (χ4n) is 1.88. The Balaban J connectivity index is 1.80. The fourth-order valence-corrected chi connectivity index (χ4v) is 1.88. The van der Waals surface area contributed by atoms with Gasteiger partial charge in [-0.15, -0.1) is 0 Å². The summed E-state index contributed by atoms with van der Waals surface area (Å²) in [5.74, 6) is 0.992. The highest BCUT2D eigenvalue weighted by atomic mass is 16.5. The van der Waals surface area contributed by atoms with Crippen molar-refractivity contribution in [3.05, 3.63) is 58.5 Å². The summed E-state index contributed by atoms with van der Waals surface area (Å²) in [6.07, 6.45) is 1.52. The molecule has 1 amide bonds. The van der Waals surface area contributed by atoms with E-state index in [1.54, 1.807) is 12.1 Å². The normalized spacial score (nSPS) is 10.5. The molecule has 2 rings (SSSR count). The van der Waals surface area contributed by atoms with Crippen molar-refractivity contribution in [1.82, 2.24) is 10.3 Å². The fraction of sp³-hybridized carbons (Fsp3) is 0.333. The molecule has 0 spiro atoms. The van der Waals surface area contributed by atoms with Crippen LogP contribution in [0.15, 0.2) is 47.4 Å². The maximum Gasteiger partial charge on any atom is 0.258 e. The van der Waals surface area contributed by atoms with E-state index in [1.807, 2.05) is 32.0 Å². The molecule has 6 nitrogen and oxygen atoms in total. The number of carbonyl (C=O) groups excluding carboxylic acids is 1. The molecule has 128 valence electrons. The molecule has 6 heteroatoms. The van der Waals surface area contributed by atoms with Crippen LogP contribution in [0, 0.1) is 5.92 Å². The van der Waals surface area contributed by atoms with Crippen molar-refractivity contribution in [2.45, 2.75) is 20.4 Å². The molecule has 1 heterocycles. The highest BCUT2D eigenvalue weighted by Gasteiger charge is 2.06. The van der Waals surface area contributed by atoms with Crippen LogP contribution in [0.2, 0.25) is 0 Å². The number of hydrogen-bond acceptors (Lipinski definition) is 4. The lowest BCUT2D eigenvalue weighted by Gasteiger charge is -2.10. The number of rotatable bonds is 8. The highest BCUT2D eigenvalue weighted by molar-refractivity contribution is 5.77. The monoisotopic (exact) mass is 330 g/mol. The molecule has 1 aromatic carbocycles. The number of H-pyrrole nitrogens is 1. The maximum absolute atomic E-state index is 11.9. The van der Waals surface area contributed by atoms with E-state index in [2.05, 4.69) is 10.3 Å². The predicted octanol–water partition coefficient (Wildman–Crippen LogP) is 2.10. The average molecular weight is 330 g/mol. The number of hydrogen-bond donors (Lipinski definition) is 2. The zero-order valence-electron chi connectivity index (χ0n) is 13.9. The Hall–Kier alpha value is -2.76. The first-order chi connectivity index (χ1) is 11.5. The van der Waals surface area contributed by atoms with Crippen LogP contribution in [-0.2, 0) is 11.3 Å². The van der Waals surface area contributed by atoms with Gasteiger partial charge in [0.2, 0.25) is 5.43 Å². The van der Waals surface area contributed by atoms with Crippen LogP contribution in [0.4, 0.5) is 0 Å². The van der Waals surface area contributed by atoms with Crippen molar-refractivity contribution < 1.29 is 14.3 Å². The number of pyridine rings is 1. The van der Waals surface area contributed by atoms with E-state index in [1.165, 1.54) is 12.3 Å². The van der Waals surface area contributed by atoms with Gasteiger partial charge in [-0.2, -0.15) is 0 Å². The number of para-hydroxylation sites is 1. The minimum Gasteiger partial charge on any atom is -0.488 e. The van der Waals surface area contributed by atoms with Crippen LogP contribution >= 0.6 is 0 Å². The number of ether oxygens (including phenoxy) is 2. The molecule has 1 aromatic heterocycles. The van der Waals surface area contributed by atoms with Gasteiger partial charge in [-0.25, -0.2) is 0 Å². The maximum atomic E-state index is 11.9. The van der Waals surface area contributed by atoms with Crippen molar-refractivity contribution in [3.63, 3.8) is 0 Å². The number of amides is 1. The van der Waals surface area contributed by atoms with Gasteiger partial charge >= 0.3 is 0 Å². The van der Waals surface area contributed by atoms with Crippen LogP contribution < -0.4 is 20.2 Å². The SMILES string of the molecule is CC(C)COc1c[nH]c(CNC(=O)COc2ccccc2)cc1=O. The minimum absolute atomic E-state index is 0.0795. The number of nitrogens with one attached hydrogen (secondary N) is 2. The zero-order valence-corrected chi connectivity index (χ0v) is 13.9. The van der Waals surface area contributed by atoms with Crippen LogP contribution in [0.25, 0.3) is 0 Å². The molecule has 2 aromatic rings. The lowest BCUT2D eigenvalue weighted by molar-refractivity contribution is -0.123. The third kappa shape index (κ3) is 5.79. The van der Waals surface area contributed by atoms with E-state index in [0.29, 0.717) is 24.0 Å². The Morgan fingerprint density at radius 2 is 1.96 bits per heavy atom. The Morgan fingerprint density at radius 3 is 2.62 bits per heavy atom. The van der Waals surface area contributed by atoms with Gasteiger partial charge in [0.15, 0.2) is 12.4 Å². The van der Waals surface area contributed by atoms with Crippen LogP contribution in [0.3, 0.4) is 0 Å². The molecular weight excluding hydrogens is 308 g/mol. The summed E-state index contributed by atoms with van der Waals surface area (Å²) < 4.78 is 10.8. The largest absolute Gasteiger partial charge is 0.488 e. The first-order valence-corrected chi connectivity index (χ1v) is 7.83. The molecule has 0 aliphatic heterocycles. The standard InChI is InChI=1S/C18H22N2O4/c1-13(2)11-24-17-10-19-14(8-16(17)21)9-20-18(22)12-23-15-6-4-3-5-7-15/h3-8,10,13H,9,11-12H2,1-2H3,(H,19,21)(H,20,22). The lowest BCUT2D eigenvalue weighted by atomic mass is 10.2. The third-order valence-electron chi connectivity index (χ3n) is 3.10. The minimum atomic E-state index is -0.264. The summed E-state index contributed by atoms with van der Waals surface area (Å²) in [6.45, 7) is 4.64. The molecule has 0 saturated heterocycles. The van der Waals surface area contributed by atoms with Crippen molar-refractivity contribution in [2.75, 3.05) is 13.2 Å². The molecule has 0 bridgehead atoms. The molecule has 0 unspecified atom stereocenters. The summed E-state index contributed by atoms with van der Waals surface area (Å²) in [5.41, 5.74) is 0.393. The summed E-state index contributed by atoms with van der Waals surface area (Å²) in [4.78, 5) is 26.6. The van der Waals surface area contributed by atoms with Crippen molar-refractivity contribution in [1.29, 1.82) is 0 Å². The second kappa shape index (κ2) is 8.76. The van der Waals surface area contributed by atoms with E-state index in [4.69, 9.17) is 9.47 Å². The smallest absolute Gasteiger partial charge is 0.258 e. The molecule has 2 N–H and O–H groups in total. The van der Waals surface area contributed by atoms with Gasteiger partial charge in [0.1, 0.15) is 5.75 Å². The number of carbonyl (C=O) groups is 1. The summed E-state index contributed by atoms with van der Waals surface area (Å²) in [7, 11) is 0. The van der Waals surface area contributed by atoms with Gasteiger partial charge in [-0.05, 0) is 18.1 Å². The van der Waals surface area contributed by atoms with Crippen LogP contribution in [0.1, 0.15) is 19.5 Å².